The lowest BCUT2D eigenvalue weighted by Gasteiger charge is -2.30. The van der Waals surface area contributed by atoms with Crippen molar-refractivity contribution < 1.29 is 8.42 Å². The molecule has 0 bridgehead atoms. The maximum Gasteiger partial charge on any atom is 0.301 e. The fourth-order valence-corrected chi connectivity index (χ4v) is 3.92. The van der Waals surface area contributed by atoms with Gasteiger partial charge in [-0.2, -0.15) is 12.7 Å². The highest BCUT2D eigenvalue weighted by molar-refractivity contribution is 7.90. The van der Waals surface area contributed by atoms with Crippen molar-refractivity contribution in [1.29, 1.82) is 0 Å². The van der Waals surface area contributed by atoms with Crippen molar-refractivity contribution in [1.82, 2.24) is 4.31 Å². The van der Waals surface area contributed by atoms with Crippen LogP contribution < -0.4 is 10.5 Å². The Kier molecular flexibility index (Phi) is 4.67. The van der Waals surface area contributed by atoms with Gasteiger partial charge in [0, 0.05) is 19.6 Å². The van der Waals surface area contributed by atoms with E-state index < -0.39 is 10.2 Å². The van der Waals surface area contributed by atoms with Crippen LogP contribution in [0.5, 0.6) is 0 Å². The molecule has 20 heavy (non-hydrogen) atoms. The Morgan fingerprint density at radius 2 is 2.20 bits per heavy atom. The average molecular weight is 297 g/mol. The number of rotatable bonds is 4. The van der Waals surface area contributed by atoms with Crippen molar-refractivity contribution in [2.24, 2.45) is 11.7 Å². The van der Waals surface area contributed by atoms with Crippen LogP contribution in [0.25, 0.3) is 0 Å². The van der Waals surface area contributed by atoms with E-state index in [9.17, 15) is 8.42 Å². The fourth-order valence-electron chi connectivity index (χ4n) is 2.47. The second kappa shape index (κ2) is 6.11. The van der Waals surface area contributed by atoms with E-state index in [4.69, 9.17) is 5.73 Å². The molecule has 1 aromatic carbocycles. The van der Waals surface area contributed by atoms with Crippen LogP contribution in [0.3, 0.4) is 0 Å². The first-order valence-corrected chi connectivity index (χ1v) is 8.44. The highest BCUT2D eigenvalue weighted by atomic mass is 32.2. The molecule has 1 fully saturated rings. The van der Waals surface area contributed by atoms with Crippen LogP contribution in [0, 0.1) is 12.8 Å². The zero-order valence-electron chi connectivity index (χ0n) is 12.1. The number of hydrogen-bond acceptors (Lipinski definition) is 3. The maximum absolute atomic E-state index is 12.4. The quantitative estimate of drug-likeness (QED) is 0.890. The molecule has 1 unspecified atom stereocenters. The van der Waals surface area contributed by atoms with Gasteiger partial charge in [-0.25, -0.2) is 0 Å². The van der Waals surface area contributed by atoms with E-state index in [-0.39, 0.29) is 0 Å². The van der Waals surface area contributed by atoms with E-state index >= 15 is 0 Å². The minimum absolute atomic E-state index is 0.399. The van der Waals surface area contributed by atoms with Crippen LogP contribution in [-0.2, 0) is 16.8 Å². The standard InChI is InChI=1S/C14H23N3O2S/c1-11-4-3-7-17(10-11)20(18,19)16-14-8-13(9-15)6-5-12(14)2/h5-6,8,11,16H,3-4,7,9-10,15H2,1-2H3. The second-order valence-corrected chi connectivity index (χ2v) is 7.24. The largest absolute Gasteiger partial charge is 0.326 e. The average Bonchev–Trinajstić information content (AvgIpc) is 2.41. The van der Waals surface area contributed by atoms with Crippen LogP contribution >= 0.6 is 0 Å². The summed E-state index contributed by atoms with van der Waals surface area (Å²) in [6, 6.07) is 5.61. The molecule has 6 heteroatoms. The van der Waals surface area contributed by atoms with Gasteiger partial charge in [0.15, 0.2) is 0 Å². The Bertz CT molecular complexity index is 572. The van der Waals surface area contributed by atoms with Gasteiger partial charge in [0.2, 0.25) is 0 Å². The first kappa shape index (κ1) is 15.3. The number of nitrogens with zero attached hydrogens (tertiary/aromatic N) is 1. The topological polar surface area (TPSA) is 75.4 Å². The summed E-state index contributed by atoms with van der Waals surface area (Å²) in [5.74, 6) is 0.414. The summed E-state index contributed by atoms with van der Waals surface area (Å²) in [7, 11) is -3.47. The third kappa shape index (κ3) is 3.50. The summed E-state index contributed by atoms with van der Waals surface area (Å²) in [5, 5.41) is 0. The molecule has 112 valence electrons. The molecule has 1 heterocycles. The minimum atomic E-state index is -3.47. The van der Waals surface area contributed by atoms with E-state index in [1.165, 1.54) is 4.31 Å². The Morgan fingerprint density at radius 1 is 1.45 bits per heavy atom. The van der Waals surface area contributed by atoms with Crippen LogP contribution in [-0.4, -0.2) is 25.8 Å². The SMILES string of the molecule is Cc1ccc(CN)cc1NS(=O)(=O)N1CCCC(C)C1. The zero-order valence-corrected chi connectivity index (χ0v) is 12.9. The number of nitrogens with two attached hydrogens (primary N) is 1. The van der Waals surface area contributed by atoms with Crippen molar-refractivity contribution in [2.75, 3.05) is 17.8 Å². The summed E-state index contributed by atoms with van der Waals surface area (Å²) in [5.41, 5.74) is 8.04. The van der Waals surface area contributed by atoms with Gasteiger partial charge >= 0.3 is 10.2 Å². The first-order valence-electron chi connectivity index (χ1n) is 7.00. The lowest BCUT2D eigenvalue weighted by molar-refractivity contribution is 0.282. The third-order valence-electron chi connectivity index (χ3n) is 3.74. The zero-order chi connectivity index (χ0) is 14.8. The van der Waals surface area contributed by atoms with Gasteiger partial charge in [-0.3, -0.25) is 4.72 Å². The second-order valence-electron chi connectivity index (χ2n) is 5.57. The van der Waals surface area contributed by atoms with E-state index in [0.717, 1.165) is 24.0 Å². The number of benzene rings is 1. The van der Waals surface area contributed by atoms with Crippen LogP contribution in [0.15, 0.2) is 18.2 Å². The number of aryl methyl sites for hydroxylation is 1. The van der Waals surface area contributed by atoms with Crippen molar-refractivity contribution in [3.05, 3.63) is 29.3 Å². The number of nitrogens with one attached hydrogen (secondary N) is 1. The molecule has 0 saturated carbocycles. The summed E-state index contributed by atoms with van der Waals surface area (Å²) < 4.78 is 29.1. The molecular weight excluding hydrogens is 274 g/mol. The van der Waals surface area contributed by atoms with Crippen LogP contribution in [0.1, 0.15) is 30.9 Å². The number of piperidine rings is 1. The summed E-state index contributed by atoms with van der Waals surface area (Å²) in [6.07, 6.45) is 2.01. The Morgan fingerprint density at radius 3 is 2.85 bits per heavy atom. The molecule has 1 aliphatic heterocycles. The molecule has 0 radical (unpaired) electrons. The number of hydrogen-bond donors (Lipinski definition) is 2. The molecule has 1 atom stereocenters. The molecule has 0 aromatic heterocycles. The lowest BCUT2D eigenvalue weighted by atomic mass is 10.0. The molecule has 3 N–H and O–H groups in total. The molecule has 1 aromatic rings. The first-order chi connectivity index (χ1) is 9.42. The van der Waals surface area contributed by atoms with Crippen molar-refractivity contribution >= 4 is 15.9 Å². The van der Waals surface area contributed by atoms with Gasteiger partial charge in [-0.05, 0) is 42.9 Å². The normalized spacial score (nSPS) is 20.9. The molecule has 1 aliphatic rings. The highest BCUT2D eigenvalue weighted by Crippen LogP contribution is 2.22. The Hall–Kier alpha value is -1.11. The molecule has 5 nitrogen and oxygen atoms in total. The predicted octanol–water partition coefficient (Wildman–Crippen LogP) is 1.84. The Labute approximate surface area is 121 Å². The van der Waals surface area contributed by atoms with Gasteiger partial charge in [0.1, 0.15) is 0 Å². The third-order valence-corrected chi connectivity index (χ3v) is 5.23. The van der Waals surface area contributed by atoms with Crippen molar-refractivity contribution in [2.45, 2.75) is 33.2 Å². The molecular formula is C14H23N3O2S. The summed E-state index contributed by atoms with van der Waals surface area (Å²) in [4.78, 5) is 0. The van der Waals surface area contributed by atoms with Gasteiger partial charge < -0.3 is 5.73 Å². The summed E-state index contributed by atoms with van der Waals surface area (Å²) in [6.45, 7) is 5.55. The smallest absolute Gasteiger partial charge is 0.301 e. The molecule has 2 rings (SSSR count). The molecule has 0 amide bonds. The molecule has 0 aliphatic carbocycles. The molecule has 0 spiro atoms. The van der Waals surface area contributed by atoms with E-state index in [2.05, 4.69) is 11.6 Å². The van der Waals surface area contributed by atoms with Crippen LogP contribution in [0.2, 0.25) is 0 Å². The number of anilines is 1. The highest BCUT2D eigenvalue weighted by Gasteiger charge is 2.27. The maximum atomic E-state index is 12.4. The van der Waals surface area contributed by atoms with Crippen molar-refractivity contribution in [3.8, 4) is 0 Å². The van der Waals surface area contributed by atoms with E-state index in [1.54, 1.807) is 6.07 Å². The van der Waals surface area contributed by atoms with Gasteiger partial charge in [0.05, 0.1) is 5.69 Å². The van der Waals surface area contributed by atoms with Crippen molar-refractivity contribution in [3.63, 3.8) is 0 Å². The minimum Gasteiger partial charge on any atom is -0.326 e. The Balaban J connectivity index is 2.19. The monoisotopic (exact) mass is 297 g/mol. The lowest BCUT2D eigenvalue weighted by Crippen LogP contribution is -2.42. The van der Waals surface area contributed by atoms with Gasteiger partial charge in [-0.15, -0.1) is 0 Å². The van der Waals surface area contributed by atoms with E-state index in [0.29, 0.717) is 31.2 Å². The summed E-state index contributed by atoms with van der Waals surface area (Å²) >= 11 is 0. The van der Waals surface area contributed by atoms with Gasteiger partial charge in [0.25, 0.3) is 0 Å². The predicted molar refractivity (Wildman–Crippen MR) is 81.6 cm³/mol. The fraction of sp³-hybridized carbons (Fsp3) is 0.571. The van der Waals surface area contributed by atoms with Gasteiger partial charge in [-0.1, -0.05) is 19.1 Å². The molecule has 1 saturated heterocycles. The van der Waals surface area contributed by atoms with E-state index in [1.807, 2.05) is 19.1 Å². The van der Waals surface area contributed by atoms with Crippen LogP contribution in [0.4, 0.5) is 5.69 Å².